The number of carbonyl (C=O) groups excluding carboxylic acids is 1. The van der Waals surface area contributed by atoms with E-state index in [-0.39, 0.29) is 5.97 Å². The first-order valence-electron chi connectivity index (χ1n) is 8.61. The maximum absolute atomic E-state index is 11.1. The molecule has 0 aromatic rings. The van der Waals surface area contributed by atoms with Gasteiger partial charge in [0.2, 0.25) is 0 Å². The van der Waals surface area contributed by atoms with Crippen molar-refractivity contribution in [1.82, 2.24) is 5.32 Å². The molecule has 0 fully saturated rings. The van der Waals surface area contributed by atoms with Crippen molar-refractivity contribution in [2.45, 2.75) is 72.1 Å². The number of esters is 1. The van der Waals surface area contributed by atoms with Gasteiger partial charge in [0.15, 0.2) is 0 Å². The summed E-state index contributed by atoms with van der Waals surface area (Å²) in [5, 5.41) is 3.32. The smallest absolute Gasteiger partial charge is 0.333 e. The summed E-state index contributed by atoms with van der Waals surface area (Å²) in [6.45, 7) is 12.0. The van der Waals surface area contributed by atoms with Gasteiger partial charge in [-0.25, -0.2) is 4.79 Å². The Morgan fingerprint density at radius 3 is 2.43 bits per heavy atom. The zero-order valence-corrected chi connectivity index (χ0v) is 14.4. The molecule has 0 rings (SSSR count). The van der Waals surface area contributed by atoms with Gasteiger partial charge in [0.05, 0.1) is 0 Å². The molecule has 0 radical (unpaired) electrons. The second-order valence-electron chi connectivity index (χ2n) is 6.12. The SMILES string of the molecule is C=C(C)C(=O)OCCNCCC(C)CCCCCCCC. The lowest BCUT2D eigenvalue weighted by Gasteiger charge is -2.12. The fraction of sp³-hybridized carbons (Fsp3) is 0.833. The number of hydrogen-bond donors (Lipinski definition) is 1. The molecule has 1 unspecified atom stereocenters. The van der Waals surface area contributed by atoms with Crippen LogP contribution in [0.4, 0.5) is 0 Å². The third-order valence-electron chi connectivity index (χ3n) is 3.72. The Balaban J connectivity index is 3.28. The van der Waals surface area contributed by atoms with Crippen LogP contribution in [0.5, 0.6) is 0 Å². The van der Waals surface area contributed by atoms with Gasteiger partial charge in [-0.1, -0.05) is 65.4 Å². The zero-order chi connectivity index (χ0) is 15.9. The standard InChI is InChI=1S/C18H35NO2/c1-5-6-7-8-9-10-11-17(4)12-13-19-14-15-21-18(20)16(2)3/h17,19H,2,5-15H2,1,3-4H3. The minimum absolute atomic E-state index is 0.298. The molecule has 0 amide bonds. The maximum atomic E-state index is 11.1. The first kappa shape index (κ1) is 20.2. The van der Waals surface area contributed by atoms with Gasteiger partial charge in [-0.05, 0) is 25.8 Å². The third-order valence-corrected chi connectivity index (χ3v) is 3.72. The molecule has 1 atom stereocenters. The molecule has 3 heteroatoms. The van der Waals surface area contributed by atoms with Crippen molar-refractivity contribution < 1.29 is 9.53 Å². The quantitative estimate of drug-likeness (QED) is 0.292. The van der Waals surface area contributed by atoms with Crippen LogP contribution in [-0.4, -0.2) is 25.7 Å². The summed E-state index contributed by atoms with van der Waals surface area (Å²) in [5.74, 6) is 0.481. The van der Waals surface area contributed by atoms with E-state index in [9.17, 15) is 4.79 Å². The van der Waals surface area contributed by atoms with Crippen LogP contribution in [0.25, 0.3) is 0 Å². The van der Waals surface area contributed by atoms with Crippen LogP contribution < -0.4 is 5.32 Å². The van der Waals surface area contributed by atoms with E-state index >= 15 is 0 Å². The van der Waals surface area contributed by atoms with Crippen LogP contribution in [0.1, 0.15) is 72.1 Å². The average molecular weight is 297 g/mol. The molecule has 0 aromatic carbocycles. The highest BCUT2D eigenvalue weighted by Gasteiger charge is 2.03. The first-order valence-corrected chi connectivity index (χ1v) is 8.61. The Labute approximate surface area is 131 Å². The van der Waals surface area contributed by atoms with E-state index in [1.165, 1.54) is 51.4 Å². The maximum Gasteiger partial charge on any atom is 0.333 e. The molecule has 0 aliphatic heterocycles. The van der Waals surface area contributed by atoms with E-state index in [1.807, 2.05) is 0 Å². The van der Waals surface area contributed by atoms with Gasteiger partial charge in [-0.3, -0.25) is 0 Å². The van der Waals surface area contributed by atoms with Crippen molar-refractivity contribution in [3.63, 3.8) is 0 Å². The summed E-state index contributed by atoms with van der Waals surface area (Å²) in [6.07, 6.45) is 10.8. The van der Waals surface area contributed by atoms with Crippen LogP contribution in [0, 0.1) is 5.92 Å². The fourth-order valence-electron chi connectivity index (χ4n) is 2.23. The second kappa shape index (κ2) is 14.1. The Bertz CT molecular complexity index is 276. The van der Waals surface area contributed by atoms with Crippen molar-refractivity contribution in [1.29, 1.82) is 0 Å². The molecule has 21 heavy (non-hydrogen) atoms. The molecule has 124 valence electrons. The summed E-state index contributed by atoms with van der Waals surface area (Å²) in [6, 6.07) is 0. The Hall–Kier alpha value is -0.830. The molecule has 1 N–H and O–H groups in total. The van der Waals surface area contributed by atoms with E-state index in [2.05, 4.69) is 25.7 Å². The topological polar surface area (TPSA) is 38.3 Å². The zero-order valence-electron chi connectivity index (χ0n) is 14.4. The number of hydrogen-bond acceptors (Lipinski definition) is 3. The lowest BCUT2D eigenvalue weighted by atomic mass is 9.99. The van der Waals surface area contributed by atoms with Crippen LogP contribution in [0.3, 0.4) is 0 Å². The first-order chi connectivity index (χ1) is 10.1. The van der Waals surface area contributed by atoms with Crippen molar-refractivity contribution in [3.8, 4) is 0 Å². The van der Waals surface area contributed by atoms with Gasteiger partial charge in [0, 0.05) is 12.1 Å². The van der Waals surface area contributed by atoms with E-state index in [0.29, 0.717) is 12.2 Å². The van der Waals surface area contributed by atoms with E-state index in [4.69, 9.17) is 4.74 Å². The van der Waals surface area contributed by atoms with Crippen molar-refractivity contribution in [2.24, 2.45) is 5.92 Å². The molecule has 0 saturated carbocycles. The van der Waals surface area contributed by atoms with Gasteiger partial charge in [-0.15, -0.1) is 0 Å². The Morgan fingerprint density at radius 2 is 1.76 bits per heavy atom. The molecule has 0 aliphatic carbocycles. The Morgan fingerprint density at radius 1 is 1.10 bits per heavy atom. The minimum atomic E-state index is -0.298. The summed E-state index contributed by atoms with van der Waals surface area (Å²) in [4.78, 5) is 11.1. The predicted molar refractivity (Wildman–Crippen MR) is 90.4 cm³/mol. The van der Waals surface area contributed by atoms with Crippen LogP contribution >= 0.6 is 0 Å². The summed E-state index contributed by atoms with van der Waals surface area (Å²) >= 11 is 0. The lowest BCUT2D eigenvalue weighted by molar-refractivity contribution is -0.138. The number of rotatable bonds is 14. The predicted octanol–water partition coefficient (Wildman–Crippen LogP) is 4.47. The summed E-state index contributed by atoms with van der Waals surface area (Å²) < 4.78 is 5.02. The number of carbonyl (C=O) groups is 1. The molecular weight excluding hydrogens is 262 g/mol. The Kier molecular flexibility index (Phi) is 13.6. The number of unbranched alkanes of at least 4 members (excludes halogenated alkanes) is 5. The van der Waals surface area contributed by atoms with E-state index in [1.54, 1.807) is 6.92 Å². The monoisotopic (exact) mass is 297 g/mol. The highest BCUT2D eigenvalue weighted by molar-refractivity contribution is 5.86. The molecule has 3 nitrogen and oxygen atoms in total. The molecule has 0 spiro atoms. The normalized spacial score (nSPS) is 12.1. The fourth-order valence-corrected chi connectivity index (χ4v) is 2.23. The van der Waals surface area contributed by atoms with Crippen LogP contribution in [-0.2, 0) is 9.53 Å². The summed E-state index contributed by atoms with van der Waals surface area (Å²) in [7, 11) is 0. The summed E-state index contributed by atoms with van der Waals surface area (Å²) in [5.41, 5.74) is 0.461. The number of ether oxygens (including phenoxy) is 1. The highest BCUT2D eigenvalue weighted by Crippen LogP contribution is 2.14. The molecule has 0 saturated heterocycles. The lowest BCUT2D eigenvalue weighted by Crippen LogP contribution is -2.23. The molecule has 0 bridgehead atoms. The van der Waals surface area contributed by atoms with Crippen LogP contribution in [0.15, 0.2) is 12.2 Å². The second-order valence-corrected chi connectivity index (χ2v) is 6.12. The van der Waals surface area contributed by atoms with E-state index in [0.717, 1.165) is 19.0 Å². The molecular formula is C18H35NO2. The molecule has 0 heterocycles. The third kappa shape index (κ3) is 13.9. The molecule has 0 aromatic heterocycles. The van der Waals surface area contributed by atoms with Crippen molar-refractivity contribution in [2.75, 3.05) is 19.7 Å². The average Bonchev–Trinajstić information content (AvgIpc) is 2.45. The number of nitrogens with one attached hydrogen (secondary N) is 1. The van der Waals surface area contributed by atoms with Gasteiger partial charge in [0.25, 0.3) is 0 Å². The van der Waals surface area contributed by atoms with Crippen LogP contribution in [0.2, 0.25) is 0 Å². The van der Waals surface area contributed by atoms with Gasteiger partial charge < -0.3 is 10.1 Å². The van der Waals surface area contributed by atoms with Gasteiger partial charge in [0.1, 0.15) is 6.61 Å². The van der Waals surface area contributed by atoms with Gasteiger partial charge >= 0.3 is 5.97 Å². The largest absolute Gasteiger partial charge is 0.461 e. The van der Waals surface area contributed by atoms with E-state index < -0.39 is 0 Å². The minimum Gasteiger partial charge on any atom is -0.461 e. The van der Waals surface area contributed by atoms with Crippen molar-refractivity contribution in [3.05, 3.63) is 12.2 Å². The highest BCUT2D eigenvalue weighted by atomic mass is 16.5. The molecule has 0 aliphatic rings. The van der Waals surface area contributed by atoms with Crippen molar-refractivity contribution >= 4 is 5.97 Å². The van der Waals surface area contributed by atoms with Gasteiger partial charge in [-0.2, -0.15) is 0 Å².